The maximum atomic E-state index is 12.0. The molecule has 0 fully saturated rings. The van der Waals surface area contributed by atoms with E-state index in [4.69, 9.17) is 19.9 Å². The Morgan fingerprint density at radius 1 is 0.947 bits per heavy atom. The molecule has 0 heterocycles. The molecule has 1 unspecified atom stereocenters. The van der Waals surface area contributed by atoms with Crippen LogP contribution in [0.3, 0.4) is 0 Å². The highest BCUT2D eigenvalue weighted by Crippen LogP contribution is 2.24. The number of carbonyl (C=O) groups excluding carboxylic acids is 3. The fourth-order valence-electron chi connectivity index (χ4n) is 1.63. The number of primary amides is 1. The second-order valence-corrected chi connectivity index (χ2v) is 3.77. The number of carbonyl (C=O) groups is 3. The fraction of sp³-hybridized carbons (Fsp3) is 0.750. The number of nitrogens with two attached hydrogens (primary N) is 1. The highest BCUT2D eigenvalue weighted by Gasteiger charge is 2.45. The Kier molecular flexibility index (Phi) is 7.74. The van der Waals surface area contributed by atoms with Crippen molar-refractivity contribution in [1.29, 1.82) is 0 Å². The molecule has 0 aromatic rings. The number of rotatable bonds is 9. The maximum Gasteiger partial charge on any atom is 0.339 e. The average molecular weight is 275 g/mol. The van der Waals surface area contributed by atoms with Gasteiger partial charge >= 0.3 is 11.9 Å². The van der Waals surface area contributed by atoms with E-state index >= 15 is 0 Å². The first-order valence-electron chi connectivity index (χ1n) is 6.16. The SMILES string of the molecule is CCOC(=O)CC(CC(N)=O)(OCC)C(=O)OCC. The van der Waals surface area contributed by atoms with Gasteiger partial charge in [0.2, 0.25) is 5.91 Å². The minimum absolute atomic E-state index is 0.106. The third-order valence-corrected chi connectivity index (χ3v) is 2.26. The van der Waals surface area contributed by atoms with Crippen LogP contribution in [0.15, 0.2) is 0 Å². The molecule has 1 amide bonds. The summed E-state index contributed by atoms with van der Waals surface area (Å²) >= 11 is 0. The zero-order chi connectivity index (χ0) is 14.9. The minimum atomic E-state index is -1.71. The van der Waals surface area contributed by atoms with E-state index in [1.165, 1.54) is 0 Å². The van der Waals surface area contributed by atoms with Crippen LogP contribution >= 0.6 is 0 Å². The highest BCUT2D eigenvalue weighted by atomic mass is 16.6. The van der Waals surface area contributed by atoms with E-state index in [-0.39, 0.29) is 19.8 Å². The minimum Gasteiger partial charge on any atom is -0.466 e. The second kappa shape index (κ2) is 8.47. The van der Waals surface area contributed by atoms with E-state index in [0.29, 0.717) is 0 Å². The van der Waals surface area contributed by atoms with Crippen molar-refractivity contribution in [1.82, 2.24) is 0 Å². The van der Waals surface area contributed by atoms with Crippen LogP contribution in [0, 0.1) is 0 Å². The number of esters is 2. The van der Waals surface area contributed by atoms with Crippen LogP contribution in [0.1, 0.15) is 33.6 Å². The lowest BCUT2D eigenvalue weighted by atomic mass is 9.94. The number of amides is 1. The van der Waals surface area contributed by atoms with Crippen molar-refractivity contribution >= 4 is 17.8 Å². The molecule has 110 valence electrons. The van der Waals surface area contributed by atoms with Gasteiger partial charge in [-0.15, -0.1) is 0 Å². The van der Waals surface area contributed by atoms with E-state index in [9.17, 15) is 14.4 Å². The third kappa shape index (κ3) is 5.69. The lowest BCUT2D eigenvalue weighted by molar-refractivity contribution is -0.181. The van der Waals surface area contributed by atoms with Gasteiger partial charge < -0.3 is 19.9 Å². The zero-order valence-corrected chi connectivity index (χ0v) is 11.6. The topological polar surface area (TPSA) is 105 Å². The number of ether oxygens (including phenoxy) is 3. The lowest BCUT2D eigenvalue weighted by Gasteiger charge is -2.29. The largest absolute Gasteiger partial charge is 0.466 e. The monoisotopic (exact) mass is 275 g/mol. The summed E-state index contributed by atoms with van der Waals surface area (Å²) in [5.74, 6) is -2.19. The highest BCUT2D eigenvalue weighted by molar-refractivity contribution is 5.91. The number of hydrogen-bond acceptors (Lipinski definition) is 6. The van der Waals surface area contributed by atoms with E-state index in [2.05, 4.69) is 0 Å². The van der Waals surface area contributed by atoms with Crippen LogP contribution in [0.2, 0.25) is 0 Å². The molecule has 0 spiro atoms. The predicted molar refractivity (Wildman–Crippen MR) is 66.1 cm³/mol. The molecule has 0 aromatic heterocycles. The van der Waals surface area contributed by atoms with Crippen molar-refractivity contribution in [2.75, 3.05) is 19.8 Å². The quantitative estimate of drug-likeness (QED) is 0.601. The summed E-state index contributed by atoms with van der Waals surface area (Å²) < 4.78 is 14.9. The molecule has 0 aliphatic heterocycles. The van der Waals surface area contributed by atoms with Crippen molar-refractivity contribution in [2.24, 2.45) is 5.73 Å². The summed E-state index contributed by atoms with van der Waals surface area (Å²) in [4.78, 5) is 34.6. The molecule has 1 atom stereocenters. The van der Waals surface area contributed by atoms with Gasteiger partial charge in [-0.1, -0.05) is 0 Å². The average Bonchev–Trinajstić information content (AvgIpc) is 2.28. The molecule has 0 saturated heterocycles. The van der Waals surface area contributed by atoms with Crippen LogP contribution in [-0.4, -0.2) is 43.3 Å². The van der Waals surface area contributed by atoms with Crippen LogP contribution in [0.25, 0.3) is 0 Å². The van der Waals surface area contributed by atoms with Gasteiger partial charge in [-0.25, -0.2) is 4.79 Å². The van der Waals surface area contributed by atoms with Crippen molar-refractivity contribution < 1.29 is 28.6 Å². The predicted octanol–water partition coefficient (Wildman–Crippen LogP) is 0.153. The van der Waals surface area contributed by atoms with E-state index in [0.717, 1.165) is 0 Å². The molecule has 0 radical (unpaired) electrons. The first kappa shape index (κ1) is 17.4. The summed E-state index contributed by atoms with van der Waals surface area (Å²) in [5.41, 5.74) is 3.41. The standard InChI is InChI=1S/C12H21NO6/c1-4-17-10(15)8-12(19-6-3,7-9(13)14)11(16)18-5-2/h4-8H2,1-3H3,(H2,13,14). The molecule has 0 aliphatic rings. The van der Waals surface area contributed by atoms with Gasteiger partial charge in [-0.2, -0.15) is 0 Å². The summed E-state index contributed by atoms with van der Waals surface area (Å²) in [6.45, 7) is 5.29. The Morgan fingerprint density at radius 2 is 1.53 bits per heavy atom. The van der Waals surface area contributed by atoms with Gasteiger partial charge in [0, 0.05) is 6.61 Å². The van der Waals surface area contributed by atoms with Gasteiger partial charge in [0.05, 0.1) is 26.1 Å². The fourth-order valence-corrected chi connectivity index (χ4v) is 1.63. The van der Waals surface area contributed by atoms with E-state index in [1.807, 2.05) is 0 Å². The van der Waals surface area contributed by atoms with Crippen LogP contribution in [0.5, 0.6) is 0 Å². The van der Waals surface area contributed by atoms with E-state index in [1.54, 1.807) is 20.8 Å². The molecule has 0 saturated carbocycles. The summed E-state index contributed by atoms with van der Waals surface area (Å²) in [6.07, 6.45) is -0.838. The molecule has 7 nitrogen and oxygen atoms in total. The first-order valence-corrected chi connectivity index (χ1v) is 6.16. The first-order chi connectivity index (χ1) is 8.91. The van der Waals surface area contributed by atoms with Gasteiger partial charge in [-0.3, -0.25) is 9.59 Å². The Bertz CT molecular complexity index is 330. The Labute approximate surface area is 112 Å². The Hall–Kier alpha value is -1.63. The van der Waals surface area contributed by atoms with Crippen LogP contribution in [-0.2, 0) is 28.6 Å². The number of hydrogen-bond donors (Lipinski definition) is 1. The van der Waals surface area contributed by atoms with Crippen LogP contribution < -0.4 is 5.73 Å². The van der Waals surface area contributed by atoms with Gasteiger partial charge in [0.1, 0.15) is 0 Å². The van der Waals surface area contributed by atoms with E-state index < -0.39 is 36.3 Å². The Balaban J connectivity index is 5.17. The molecule has 0 aromatic carbocycles. The van der Waals surface area contributed by atoms with Gasteiger partial charge in [-0.05, 0) is 20.8 Å². The van der Waals surface area contributed by atoms with Gasteiger partial charge in [0.15, 0.2) is 5.60 Å². The molecule has 2 N–H and O–H groups in total. The third-order valence-electron chi connectivity index (χ3n) is 2.26. The molecule has 19 heavy (non-hydrogen) atoms. The molecular weight excluding hydrogens is 254 g/mol. The Morgan fingerprint density at radius 3 is 1.95 bits per heavy atom. The lowest BCUT2D eigenvalue weighted by Crippen LogP contribution is -2.48. The van der Waals surface area contributed by atoms with Crippen molar-refractivity contribution in [2.45, 2.75) is 39.2 Å². The van der Waals surface area contributed by atoms with Crippen molar-refractivity contribution in [3.8, 4) is 0 Å². The zero-order valence-electron chi connectivity index (χ0n) is 11.6. The smallest absolute Gasteiger partial charge is 0.339 e. The van der Waals surface area contributed by atoms with Gasteiger partial charge in [0.25, 0.3) is 0 Å². The molecule has 0 aliphatic carbocycles. The van der Waals surface area contributed by atoms with Crippen LogP contribution in [0.4, 0.5) is 0 Å². The normalized spacial score (nSPS) is 13.4. The van der Waals surface area contributed by atoms with Crippen molar-refractivity contribution in [3.63, 3.8) is 0 Å². The molecule has 0 rings (SSSR count). The molecular formula is C12H21NO6. The molecule has 0 bridgehead atoms. The van der Waals surface area contributed by atoms with Crippen molar-refractivity contribution in [3.05, 3.63) is 0 Å². The maximum absolute atomic E-state index is 12.0. The molecule has 7 heteroatoms. The summed E-state index contributed by atoms with van der Waals surface area (Å²) in [5, 5.41) is 0. The summed E-state index contributed by atoms with van der Waals surface area (Å²) in [6, 6.07) is 0. The second-order valence-electron chi connectivity index (χ2n) is 3.77. The summed E-state index contributed by atoms with van der Waals surface area (Å²) in [7, 11) is 0.